The molecule has 1 N–H and O–H groups in total. The molecule has 2 fully saturated rings. The first-order chi connectivity index (χ1) is 14.6. The number of rotatable bonds is 3. The highest BCUT2D eigenvalue weighted by Crippen LogP contribution is 2.34. The molecule has 160 valence electrons. The maximum absolute atomic E-state index is 5.22. The molecule has 2 saturated heterocycles. The van der Waals surface area contributed by atoms with Gasteiger partial charge < -0.3 is 20.0 Å². The lowest BCUT2D eigenvalue weighted by Crippen LogP contribution is -2.53. The van der Waals surface area contributed by atoms with Crippen LogP contribution in [0.15, 0.2) is 47.4 Å². The third-order valence-electron chi connectivity index (χ3n) is 7.21. The van der Waals surface area contributed by atoms with E-state index in [1.165, 1.54) is 29.9 Å². The molecule has 4 atom stereocenters. The molecule has 2 unspecified atom stereocenters. The fraction of sp³-hybridized carbons (Fsp3) is 0.583. The molecule has 0 amide bonds. The topological polar surface area (TPSA) is 47.0 Å². The second kappa shape index (κ2) is 8.16. The minimum absolute atomic E-state index is 0.269. The van der Waals surface area contributed by atoms with Gasteiger partial charge in [0.2, 0.25) is 0 Å². The van der Waals surface area contributed by atoms with Gasteiger partial charge in [0.25, 0.3) is 0 Å². The van der Waals surface area contributed by atoms with Crippen LogP contribution in [-0.2, 0) is 0 Å². The average molecular weight is 407 g/mol. The largest absolute Gasteiger partial charge is 0.355 e. The Kier molecular flexibility index (Phi) is 5.37. The molecule has 5 rings (SSSR count). The molecule has 6 heteroatoms. The Morgan fingerprint density at radius 1 is 1.13 bits per heavy atom. The van der Waals surface area contributed by atoms with Crippen molar-refractivity contribution in [3.8, 4) is 0 Å². The fourth-order valence-electron chi connectivity index (χ4n) is 5.47. The van der Waals surface area contributed by atoms with Gasteiger partial charge in [-0.2, -0.15) is 0 Å². The average Bonchev–Trinajstić information content (AvgIpc) is 3.12. The number of aromatic nitrogens is 1. The molecule has 1 aromatic rings. The van der Waals surface area contributed by atoms with Crippen molar-refractivity contribution >= 4 is 5.84 Å². The van der Waals surface area contributed by atoms with E-state index in [9.17, 15) is 0 Å². The third kappa shape index (κ3) is 3.56. The zero-order valence-corrected chi connectivity index (χ0v) is 18.5. The van der Waals surface area contributed by atoms with E-state index in [0.29, 0.717) is 18.1 Å². The Balaban J connectivity index is 1.33. The molecule has 6 nitrogen and oxygen atoms in total. The zero-order valence-electron chi connectivity index (χ0n) is 18.5. The summed E-state index contributed by atoms with van der Waals surface area (Å²) in [7, 11) is 2.21. The number of aryl methyl sites for hydroxylation is 1. The van der Waals surface area contributed by atoms with Crippen LogP contribution in [0.25, 0.3) is 0 Å². The highest BCUT2D eigenvalue weighted by Gasteiger charge is 2.42. The van der Waals surface area contributed by atoms with Crippen LogP contribution in [-0.4, -0.2) is 76.9 Å². The number of hydrogen-bond donors (Lipinski definition) is 1. The van der Waals surface area contributed by atoms with Gasteiger partial charge in [-0.1, -0.05) is 12.1 Å². The van der Waals surface area contributed by atoms with E-state index in [4.69, 9.17) is 9.98 Å². The number of piperazine rings is 1. The van der Waals surface area contributed by atoms with Crippen LogP contribution in [0.3, 0.4) is 0 Å². The van der Waals surface area contributed by atoms with Crippen LogP contribution in [0.4, 0.5) is 0 Å². The van der Waals surface area contributed by atoms with Crippen molar-refractivity contribution < 1.29 is 0 Å². The van der Waals surface area contributed by atoms with Crippen LogP contribution in [0, 0.1) is 6.92 Å². The van der Waals surface area contributed by atoms with Crippen LogP contribution < -0.4 is 5.32 Å². The Labute approximate surface area is 180 Å². The second-order valence-electron chi connectivity index (χ2n) is 9.22. The number of likely N-dealkylation sites (N-methyl/N-ethyl adjacent to an activating group) is 1. The number of hydrogen-bond acceptors (Lipinski definition) is 6. The van der Waals surface area contributed by atoms with Gasteiger partial charge >= 0.3 is 0 Å². The number of aliphatic imine (C=N–C) groups is 1. The molecule has 0 radical (unpaired) electrons. The number of piperidine rings is 1. The minimum Gasteiger partial charge on any atom is -0.355 e. The van der Waals surface area contributed by atoms with E-state index in [1.54, 1.807) is 0 Å². The van der Waals surface area contributed by atoms with E-state index in [2.05, 4.69) is 65.2 Å². The molecule has 0 spiro atoms. The molecule has 0 aromatic carbocycles. The molecule has 0 aliphatic carbocycles. The number of fused-ring (bicyclic) bond motifs is 1. The highest BCUT2D eigenvalue weighted by molar-refractivity contribution is 5.97. The van der Waals surface area contributed by atoms with Crippen molar-refractivity contribution in [3.63, 3.8) is 0 Å². The standard InChI is InChI=1S/C24H34N6/c1-17-7-6-12-25-23(17)19-8-4-9-20(26-19)24-18(2)30-21(27-24)10-5-11-22(30)29-15-13-28(3)14-16-29/h5-7,10-12,18-20,24,26H,4,8-9,13-16H2,1-3H3/t18?,19-,20+,24?/m1/s1. The van der Waals surface area contributed by atoms with E-state index >= 15 is 0 Å². The number of nitrogens with zero attached hydrogens (tertiary/aromatic N) is 5. The first-order valence-corrected chi connectivity index (χ1v) is 11.5. The van der Waals surface area contributed by atoms with Crippen molar-refractivity contribution in [3.05, 3.63) is 53.6 Å². The SMILES string of the molecule is Cc1cccnc1[C@H]1CCC[C@@H](C2N=C3C=CC=C(N4CCN(C)CC4)N3C2C)N1. The van der Waals surface area contributed by atoms with Gasteiger partial charge in [0.05, 0.1) is 23.8 Å². The first-order valence-electron chi connectivity index (χ1n) is 11.5. The van der Waals surface area contributed by atoms with Gasteiger partial charge in [-0.05, 0) is 63.9 Å². The minimum atomic E-state index is 0.269. The Bertz CT molecular complexity index is 866. The quantitative estimate of drug-likeness (QED) is 0.836. The Morgan fingerprint density at radius 3 is 2.77 bits per heavy atom. The van der Waals surface area contributed by atoms with Crippen molar-refractivity contribution in [1.29, 1.82) is 0 Å². The summed E-state index contributed by atoms with van der Waals surface area (Å²) in [6, 6.07) is 5.55. The van der Waals surface area contributed by atoms with E-state index in [0.717, 1.165) is 38.4 Å². The molecule has 5 heterocycles. The normalized spacial score (nSPS) is 32.1. The third-order valence-corrected chi connectivity index (χ3v) is 7.21. The summed E-state index contributed by atoms with van der Waals surface area (Å²) < 4.78 is 0. The van der Waals surface area contributed by atoms with Crippen molar-refractivity contribution in [2.45, 2.75) is 57.3 Å². The van der Waals surface area contributed by atoms with Gasteiger partial charge in [-0.15, -0.1) is 0 Å². The second-order valence-corrected chi connectivity index (χ2v) is 9.22. The Morgan fingerprint density at radius 2 is 1.97 bits per heavy atom. The van der Waals surface area contributed by atoms with E-state index < -0.39 is 0 Å². The summed E-state index contributed by atoms with van der Waals surface area (Å²) in [5.74, 6) is 2.45. The van der Waals surface area contributed by atoms with Gasteiger partial charge in [0.1, 0.15) is 11.7 Å². The van der Waals surface area contributed by atoms with Gasteiger partial charge in [0, 0.05) is 38.4 Å². The van der Waals surface area contributed by atoms with Crippen LogP contribution in [0.1, 0.15) is 43.5 Å². The maximum atomic E-state index is 5.22. The highest BCUT2D eigenvalue weighted by atomic mass is 15.4. The summed E-state index contributed by atoms with van der Waals surface area (Å²) in [6.45, 7) is 8.93. The molecule has 0 saturated carbocycles. The summed E-state index contributed by atoms with van der Waals surface area (Å²) >= 11 is 0. The molecule has 30 heavy (non-hydrogen) atoms. The fourth-order valence-corrected chi connectivity index (χ4v) is 5.47. The molecular weight excluding hydrogens is 372 g/mol. The van der Waals surface area contributed by atoms with Crippen molar-refractivity contribution in [1.82, 2.24) is 25.0 Å². The number of amidine groups is 1. The lowest BCUT2D eigenvalue weighted by atomic mass is 9.89. The van der Waals surface area contributed by atoms with Gasteiger partial charge in [-0.25, -0.2) is 0 Å². The first kappa shape index (κ1) is 19.8. The number of allylic oxidation sites excluding steroid dienone is 2. The molecule has 1 aromatic heterocycles. The lowest BCUT2D eigenvalue weighted by molar-refractivity contribution is 0.146. The molecule has 0 bridgehead atoms. The van der Waals surface area contributed by atoms with Crippen molar-refractivity contribution in [2.75, 3.05) is 33.2 Å². The van der Waals surface area contributed by atoms with Crippen molar-refractivity contribution in [2.24, 2.45) is 4.99 Å². The maximum Gasteiger partial charge on any atom is 0.129 e. The van der Waals surface area contributed by atoms with Crippen LogP contribution in [0.5, 0.6) is 0 Å². The predicted octanol–water partition coefficient (Wildman–Crippen LogP) is 2.70. The number of pyridine rings is 1. The van der Waals surface area contributed by atoms with E-state index in [1.807, 2.05) is 12.3 Å². The predicted molar refractivity (Wildman–Crippen MR) is 121 cm³/mol. The van der Waals surface area contributed by atoms with Crippen LogP contribution in [0.2, 0.25) is 0 Å². The van der Waals surface area contributed by atoms with Gasteiger partial charge in [0.15, 0.2) is 0 Å². The summed E-state index contributed by atoms with van der Waals surface area (Å²) in [5.41, 5.74) is 2.48. The smallest absolute Gasteiger partial charge is 0.129 e. The van der Waals surface area contributed by atoms with Gasteiger partial charge in [-0.3, -0.25) is 9.98 Å². The Hall–Kier alpha value is -2.18. The zero-order chi connectivity index (χ0) is 20.7. The summed E-state index contributed by atoms with van der Waals surface area (Å²) in [4.78, 5) is 17.3. The summed E-state index contributed by atoms with van der Waals surface area (Å²) in [5, 5.41) is 3.93. The number of nitrogens with one attached hydrogen (secondary N) is 1. The summed E-state index contributed by atoms with van der Waals surface area (Å²) in [6.07, 6.45) is 12.1. The lowest BCUT2D eigenvalue weighted by Gasteiger charge is -2.42. The monoisotopic (exact) mass is 406 g/mol. The molecule has 4 aliphatic rings. The molecule has 4 aliphatic heterocycles. The van der Waals surface area contributed by atoms with Crippen LogP contribution >= 0.6 is 0 Å². The van der Waals surface area contributed by atoms with E-state index in [-0.39, 0.29) is 6.04 Å². The molecular formula is C24H34N6.